The molecule has 0 bridgehead atoms. The van der Waals surface area contributed by atoms with E-state index < -0.39 is 0 Å². The van der Waals surface area contributed by atoms with Crippen LogP contribution in [-0.2, 0) is 0 Å². The number of hydrogen-bond donors (Lipinski definition) is 2. The predicted molar refractivity (Wildman–Crippen MR) is 60.1 cm³/mol. The Hall–Kier alpha value is -0.670. The maximum Gasteiger partial charge on any atom is 0.120 e. The smallest absolute Gasteiger partial charge is 0.120 e. The Morgan fingerprint density at radius 1 is 1.50 bits per heavy atom. The Morgan fingerprint density at radius 2 is 2.36 bits per heavy atom. The summed E-state index contributed by atoms with van der Waals surface area (Å²) in [6.45, 7) is 2.05. The second-order valence-corrected chi connectivity index (χ2v) is 4.43. The van der Waals surface area contributed by atoms with Gasteiger partial charge >= 0.3 is 0 Å². The fraction of sp³-hybridized carbons (Fsp3) is 0.455. The summed E-state index contributed by atoms with van der Waals surface area (Å²) in [5.41, 5.74) is 1.13. The molecular formula is C11H15NOS. The monoisotopic (exact) mass is 209 g/mol. The van der Waals surface area contributed by atoms with Crippen LogP contribution in [0.2, 0.25) is 0 Å². The van der Waals surface area contributed by atoms with Crippen molar-refractivity contribution >= 4 is 11.8 Å². The zero-order valence-corrected chi connectivity index (χ0v) is 9.10. The molecule has 1 unspecified atom stereocenters. The number of nitrogens with one attached hydrogen (secondary N) is 1. The highest BCUT2D eigenvalue weighted by molar-refractivity contribution is 7.98. The number of rotatable bonds is 2. The normalized spacial score (nSPS) is 21.4. The molecular weight excluding hydrogens is 194 g/mol. The van der Waals surface area contributed by atoms with Crippen molar-refractivity contribution in [1.82, 2.24) is 5.32 Å². The molecule has 0 aromatic heterocycles. The first-order valence-corrected chi connectivity index (χ1v) is 6.12. The van der Waals surface area contributed by atoms with Gasteiger partial charge in [0.15, 0.2) is 0 Å². The summed E-state index contributed by atoms with van der Waals surface area (Å²) >= 11 is 1.71. The lowest BCUT2D eigenvalue weighted by Crippen LogP contribution is -2.08. The second-order valence-electron chi connectivity index (χ2n) is 3.58. The van der Waals surface area contributed by atoms with E-state index in [0.717, 1.165) is 25.1 Å². The summed E-state index contributed by atoms with van der Waals surface area (Å²) < 4.78 is 0. The van der Waals surface area contributed by atoms with Gasteiger partial charge in [0.1, 0.15) is 5.75 Å². The molecule has 0 spiro atoms. The van der Waals surface area contributed by atoms with Gasteiger partial charge in [-0.1, -0.05) is 6.07 Å². The van der Waals surface area contributed by atoms with Gasteiger partial charge in [-0.05, 0) is 31.4 Å². The molecule has 1 aliphatic heterocycles. The van der Waals surface area contributed by atoms with Gasteiger partial charge in [0, 0.05) is 22.9 Å². The van der Waals surface area contributed by atoms with Gasteiger partial charge in [-0.3, -0.25) is 0 Å². The summed E-state index contributed by atoms with van der Waals surface area (Å²) in [7, 11) is 0. The maximum atomic E-state index is 9.84. The average molecular weight is 209 g/mol. The van der Waals surface area contributed by atoms with Crippen LogP contribution in [0.4, 0.5) is 0 Å². The van der Waals surface area contributed by atoms with Crippen molar-refractivity contribution in [2.24, 2.45) is 0 Å². The van der Waals surface area contributed by atoms with Gasteiger partial charge in [-0.2, -0.15) is 0 Å². The van der Waals surface area contributed by atoms with Crippen LogP contribution in [0.15, 0.2) is 23.1 Å². The fourth-order valence-electron chi connectivity index (χ4n) is 2.02. The highest BCUT2D eigenvalue weighted by Crippen LogP contribution is 2.36. The molecule has 1 aromatic rings. The van der Waals surface area contributed by atoms with E-state index in [9.17, 15) is 5.11 Å². The molecule has 0 radical (unpaired) electrons. The standard InChI is InChI=1S/C11H15NOS/c1-14-10-4-2-3-9(13)11(10)8-5-6-12-7-8/h2-4,8,12-13H,5-7H2,1H3. The van der Waals surface area contributed by atoms with Crippen molar-refractivity contribution in [3.63, 3.8) is 0 Å². The number of phenolic OH excluding ortho intramolecular Hbond substituents is 1. The molecule has 0 aliphatic carbocycles. The van der Waals surface area contributed by atoms with E-state index in [4.69, 9.17) is 0 Å². The summed E-state index contributed by atoms with van der Waals surface area (Å²) in [6, 6.07) is 5.78. The van der Waals surface area contributed by atoms with Gasteiger partial charge in [-0.25, -0.2) is 0 Å². The zero-order chi connectivity index (χ0) is 9.97. The molecule has 76 valence electrons. The number of hydrogen-bond acceptors (Lipinski definition) is 3. The molecule has 2 rings (SSSR count). The molecule has 1 saturated heterocycles. The first kappa shape index (κ1) is 9.87. The number of benzene rings is 1. The van der Waals surface area contributed by atoms with Crippen molar-refractivity contribution in [1.29, 1.82) is 0 Å². The molecule has 0 saturated carbocycles. The Labute approximate surface area is 88.7 Å². The molecule has 1 aliphatic rings. The van der Waals surface area contributed by atoms with Crippen LogP contribution in [0.1, 0.15) is 17.9 Å². The third-order valence-corrected chi connectivity index (χ3v) is 3.53. The summed E-state index contributed by atoms with van der Waals surface area (Å²) in [4.78, 5) is 1.21. The van der Waals surface area contributed by atoms with E-state index >= 15 is 0 Å². The van der Waals surface area contributed by atoms with Crippen LogP contribution in [-0.4, -0.2) is 24.5 Å². The molecule has 14 heavy (non-hydrogen) atoms. The molecule has 2 nitrogen and oxygen atoms in total. The minimum Gasteiger partial charge on any atom is -0.508 e. The van der Waals surface area contributed by atoms with E-state index in [1.165, 1.54) is 4.90 Å². The highest BCUT2D eigenvalue weighted by atomic mass is 32.2. The molecule has 3 heteroatoms. The number of thioether (sulfide) groups is 1. The van der Waals surface area contributed by atoms with Crippen LogP contribution in [0.25, 0.3) is 0 Å². The van der Waals surface area contributed by atoms with Gasteiger partial charge in [0.2, 0.25) is 0 Å². The lowest BCUT2D eigenvalue weighted by Gasteiger charge is -2.14. The molecule has 1 fully saturated rings. The Kier molecular flexibility index (Phi) is 2.99. The van der Waals surface area contributed by atoms with Crippen LogP contribution in [0.5, 0.6) is 5.75 Å². The topological polar surface area (TPSA) is 32.3 Å². The summed E-state index contributed by atoms with van der Waals surface area (Å²) in [5.74, 6) is 0.934. The van der Waals surface area contributed by atoms with Crippen LogP contribution in [0.3, 0.4) is 0 Å². The fourth-order valence-corrected chi connectivity index (χ4v) is 2.73. The van der Waals surface area contributed by atoms with Gasteiger partial charge in [0.05, 0.1) is 0 Å². The molecule has 1 atom stereocenters. The second kappa shape index (κ2) is 4.24. The first-order valence-electron chi connectivity index (χ1n) is 4.89. The predicted octanol–water partition coefficient (Wildman–Crippen LogP) is 2.19. The Balaban J connectivity index is 2.37. The first-order chi connectivity index (χ1) is 6.83. The number of aromatic hydroxyl groups is 1. The zero-order valence-electron chi connectivity index (χ0n) is 8.29. The Bertz CT molecular complexity index is 321. The van der Waals surface area contributed by atoms with Crippen molar-refractivity contribution in [2.75, 3.05) is 19.3 Å². The molecule has 1 aromatic carbocycles. The highest BCUT2D eigenvalue weighted by Gasteiger charge is 2.22. The quantitative estimate of drug-likeness (QED) is 0.732. The van der Waals surface area contributed by atoms with Crippen molar-refractivity contribution in [3.8, 4) is 5.75 Å². The summed E-state index contributed by atoms with van der Waals surface area (Å²) in [5, 5.41) is 13.2. The lowest BCUT2D eigenvalue weighted by atomic mass is 9.97. The molecule has 2 N–H and O–H groups in total. The average Bonchev–Trinajstić information content (AvgIpc) is 2.70. The van der Waals surface area contributed by atoms with Crippen LogP contribution < -0.4 is 5.32 Å². The lowest BCUT2D eigenvalue weighted by molar-refractivity contribution is 0.459. The third kappa shape index (κ3) is 1.74. The van der Waals surface area contributed by atoms with E-state index in [0.29, 0.717) is 11.7 Å². The SMILES string of the molecule is CSc1cccc(O)c1C1CCNC1. The Morgan fingerprint density at radius 3 is 3.00 bits per heavy atom. The van der Waals surface area contributed by atoms with Crippen LogP contribution >= 0.6 is 11.8 Å². The van der Waals surface area contributed by atoms with E-state index in [2.05, 4.69) is 17.6 Å². The van der Waals surface area contributed by atoms with E-state index in [1.54, 1.807) is 17.8 Å². The van der Waals surface area contributed by atoms with E-state index in [1.807, 2.05) is 6.07 Å². The molecule has 0 amide bonds. The van der Waals surface area contributed by atoms with Gasteiger partial charge < -0.3 is 10.4 Å². The minimum atomic E-state index is 0.450. The van der Waals surface area contributed by atoms with Crippen molar-refractivity contribution < 1.29 is 5.11 Å². The molecule has 1 heterocycles. The largest absolute Gasteiger partial charge is 0.508 e. The van der Waals surface area contributed by atoms with Crippen molar-refractivity contribution in [3.05, 3.63) is 23.8 Å². The van der Waals surface area contributed by atoms with E-state index in [-0.39, 0.29) is 0 Å². The number of phenols is 1. The minimum absolute atomic E-state index is 0.450. The summed E-state index contributed by atoms with van der Waals surface area (Å²) in [6.07, 6.45) is 3.19. The van der Waals surface area contributed by atoms with Gasteiger partial charge in [0.25, 0.3) is 0 Å². The van der Waals surface area contributed by atoms with Crippen LogP contribution in [0, 0.1) is 0 Å². The maximum absolute atomic E-state index is 9.84. The van der Waals surface area contributed by atoms with Gasteiger partial charge in [-0.15, -0.1) is 11.8 Å². The third-order valence-electron chi connectivity index (χ3n) is 2.73. The van der Waals surface area contributed by atoms with Crippen molar-refractivity contribution in [2.45, 2.75) is 17.2 Å².